The van der Waals surface area contributed by atoms with E-state index >= 15 is 0 Å². The summed E-state index contributed by atoms with van der Waals surface area (Å²) in [6.45, 7) is 1.99. The third-order valence-electron chi connectivity index (χ3n) is 5.66. The van der Waals surface area contributed by atoms with Crippen molar-refractivity contribution >= 4 is 34.8 Å². The summed E-state index contributed by atoms with van der Waals surface area (Å²) in [4.78, 5) is 32.6. The van der Waals surface area contributed by atoms with Gasteiger partial charge in [-0.1, -0.05) is 53.9 Å². The minimum Gasteiger partial charge on any atom is -0.324 e. The van der Waals surface area contributed by atoms with Crippen molar-refractivity contribution in [2.24, 2.45) is 4.99 Å². The molecule has 0 unspecified atom stereocenters. The summed E-state index contributed by atoms with van der Waals surface area (Å²) in [6, 6.07) is 14.8. The molecule has 2 aromatic carbocycles. The Morgan fingerprint density at radius 3 is 2.55 bits per heavy atom. The van der Waals surface area contributed by atoms with E-state index in [1.165, 1.54) is 0 Å². The lowest BCUT2D eigenvalue weighted by Gasteiger charge is -2.38. The number of hydrogen-bond acceptors (Lipinski definition) is 3. The number of nitrogens with one attached hydrogen (secondary N) is 1. The van der Waals surface area contributed by atoms with Crippen molar-refractivity contribution in [1.29, 1.82) is 0 Å². The van der Waals surface area contributed by atoms with Crippen molar-refractivity contribution in [1.82, 2.24) is 4.90 Å². The molecule has 2 amide bonds. The van der Waals surface area contributed by atoms with Gasteiger partial charge in [-0.05, 0) is 50.8 Å². The molecule has 6 heteroatoms. The summed E-state index contributed by atoms with van der Waals surface area (Å²) < 4.78 is 0. The van der Waals surface area contributed by atoms with Gasteiger partial charge in [-0.2, -0.15) is 0 Å². The van der Waals surface area contributed by atoms with Crippen LogP contribution in [0.25, 0.3) is 0 Å². The van der Waals surface area contributed by atoms with E-state index in [0.29, 0.717) is 16.4 Å². The summed E-state index contributed by atoms with van der Waals surface area (Å²) >= 11 is 6.00. The molecule has 1 fully saturated rings. The van der Waals surface area contributed by atoms with Crippen LogP contribution >= 0.6 is 11.6 Å². The van der Waals surface area contributed by atoms with Gasteiger partial charge >= 0.3 is 0 Å². The average Bonchev–Trinajstić information content (AvgIpc) is 2.95. The van der Waals surface area contributed by atoms with E-state index in [-0.39, 0.29) is 18.4 Å². The Morgan fingerprint density at radius 1 is 1.14 bits per heavy atom. The topological polar surface area (TPSA) is 61.8 Å². The summed E-state index contributed by atoms with van der Waals surface area (Å²) in [7, 11) is 0. The van der Waals surface area contributed by atoms with Crippen molar-refractivity contribution in [2.45, 2.75) is 44.7 Å². The van der Waals surface area contributed by atoms with Crippen LogP contribution in [0.3, 0.4) is 0 Å². The molecule has 2 aliphatic rings. The molecule has 0 atom stereocenters. The fraction of sp³-hybridized carbons (Fsp3) is 0.348. The number of nitrogens with zero attached hydrogens (tertiary/aromatic N) is 2. The fourth-order valence-electron chi connectivity index (χ4n) is 4.16. The molecule has 0 saturated heterocycles. The molecule has 1 saturated carbocycles. The first-order valence-electron chi connectivity index (χ1n) is 10.0. The van der Waals surface area contributed by atoms with E-state index in [2.05, 4.69) is 5.32 Å². The first kappa shape index (κ1) is 19.6. The van der Waals surface area contributed by atoms with Crippen LogP contribution in [0.5, 0.6) is 0 Å². The first-order chi connectivity index (χ1) is 14.0. The number of hydrogen-bond donors (Lipinski definition) is 1. The van der Waals surface area contributed by atoms with E-state index in [9.17, 15) is 9.59 Å². The van der Waals surface area contributed by atoms with Crippen LogP contribution in [0.15, 0.2) is 53.5 Å². The highest BCUT2D eigenvalue weighted by Gasteiger charge is 2.48. The van der Waals surface area contributed by atoms with Gasteiger partial charge in [0.1, 0.15) is 17.9 Å². The maximum Gasteiger partial charge on any atom is 0.275 e. The number of aryl methyl sites for hydroxylation is 1. The number of halogens is 1. The van der Waals surface area contributed by atoms with Gasteiger partial charge in [-0.25, -0.2) is 0 Å². The van der Waals surface area contributed by atoms with Gasteiger partial charge in [0.05, 0.1) is 0 Å². The molecule has 4 rings (SSSR count). The molecule has 1 aliphatic heterocycles. The SMILES string of the molecule is Cc1ccc(C2=NC3(CCCCC3)N(CC(=O)Nc3cccc(Cl)c3)C2=O)cc1. The van der Waals surface area contributed by atoms with E-state index in [0.717, 1.165) is 43.2 Å². The quantitative estimate of drug-likeness (QED) is 0.803. The Morgan fingerprint density at radius 2 is 1.86 bits per heavy atom. The van der Waals surface area contributed by atoms with Crippen LogP contribution in [0.2, 0.25) is 5.02 Å². The molecule has 1 N–H and O–H groups in total. The Labute approximate surface area is 175 Å². The summed E-state index contributed by atoms with van der Waals surface area (Å²) in [5.74, 6) is -0.414. The molecule has 1 aliphatic carbocycles. The summed E-state index contributed by atoms with van der Waals surface area (Å²) in [5, 5.41) is 3.40. The van der Waals surface area contributed by atoms with Crippen molar-refractivity contribution in [3.8, 4) is 0 Å². The van der Waals surface area contributed by atoms with Crippen LogP contribution in [-0.2, 0) is 9.59 Å². The van der Waals surface area contributed by atoms with E-state index < -0.39 is 5.66 Å². The summed E-state index contributed by atoms with van der Waals surface area (Å²) in [5.41, 5.74) is 2.41. The largest absolute Gasteiger partial charge is 0.324 e. The third kappa shape index (κ3) is 4.06. The standard InChI is InChI=1S/C23H24ClN3O2/c1-16-8-10-17(11-9-16)21-22(29)27(23(26-21)12-3-2-4-13-23)15-20(28)25-19-7-5-6-18(24)14-19/h5-11,14H,2-4,12-13,15H2,1H3,(H,25,28). The zero-order chi connectivity index (χ0) is 20.4. The maximum atomic E-state index is 13.3. The first-order valence-corrected chi connectivity index (χ1v) is 10.4. The molecule has 0 aromatic heterocycles. The van der Waals surface area contributed by atoms with Crippen LogP contribution < -0.4 is 5.32 Å². The van der Waals surface area contributed by atoms with Crippen LogP contribution in [0.1, 0.15) is 43.2 Å². The van der Waals surface area contributed by atoms with Gasteiger partial charge in [-0.3, -0.25) is 14.6 Å². The second-order valence-electron chi connectivity index (χ2n) is 7.82. The van der Waals surface area contributed by atoms with Crippen molar-refractivity contribution < 1.29 is 9.59 Å². The zero-order valence-electron chi connectivity index (χ0n) is 16.5. The molecule has 1 heterocycles. The lowest BCUT2D eigenvalue weighted by Crippen LogP contribution is -2.51. The van der Waals surface area contributed by atoms with Gasteiger partial charge in [0, 0.05) is 16.3 Å². The van der Waals surface area contributed by atoms with Crippen molar-refractivity contribution in [3.63, 3.8) is 0 Å². The molecule has 0 radical (unpaired) electrons. The second-order valence-corrected chi connectivity index (χ2v) is 8.26. The predicted octanol–water partition coefficient (Wildman–Crippen LogP) is 4.58. The maximum absolute atomic E-state index is 13.3. The molecule has 5 nitrogen and oxygen atoms in total. The highest BCUT2D eigenvalue weighted by molar-refractivity contribution is 6.47. The normalized spacial score (nSPS) is 18.1. The molecule has 1 spiro atoms. The van der Waals surface area contributed by atoms with Crippen molar-refractivity contribution in [2.75, 3.05) is 11.9 Å². The number of aliphatic imine (C=N–C) groups is 1. The molecule has 0 bridgehead atoms. The summed E-state index contributed by atoms with van der Waals surface area (Å²) in [6.07, 6.45) is 4.72. The highest BCUT2D eigenvalue weighted by Crippen LogP contribution is 2.39. The minimum absolute atomic E-state index is 0.0236. The highest BCUT2D eigenvalue weighted by atomic mass is 35.5. The Bertz CT molecular complexity index is 962. The van der Waals surface area contributed by atoms with Gasteiger partial charge in [0.2, 0.25) is 5.91 Å². The predicted molar refractivity (Wildman–Crippen MR) is 115 cm³/mol. The number of rotatable bonds is 4. The van der Waals surface area contributed by atoms with Crippen molar-refractivity contribution in [3.05, 3.63) is 64.7 Å². The van der Waals surface area contributed by atoms with Gasteiger partial charge in [0.15, 0.2) is 0 Å². The lowest BCUT2D eigenvalue weighted by molar-refractivity contribution is -0.134. The monoisotopic (exact) mass is 409 g/mol. The van der Waals surface area contributed by atoms with Gasteiger partial charge in [0.25, 0.3) is 5.91 Å². The molecule has 150 valence electrons. The average molecular weight is 410 g/mol. The smallest absolute Gasteiger partial charge is 0.275 e. The minimum atomic E-state index is -0.610. The van der Waals surface area contributed by atoms with Crippen LogP contribution in [0.4, 0.5) is 5.69 Å². The number of carbonyl (C=O) groups excluding carboxylic acids is 2. The van der Waals surface area contributed by atoms with E-state index in [1.54, 1.807) is 29.2 Å². The van der Waals surface area contributed by atoms with E-state index in [1.807, 2.05) is 31.2 Å². The fourth-order valence-corrected chi connectivity index (χ4v) is 4.35. The lowest BCUT2D eigenvalue weighted by atomic mass is 9.88. The van der Waals surface area contributed by atoms with Crippen LogP contribution in [0, 0.1) is 6.92 Å². The Balaban J connectivity index is 1.58. The second kappa shape index (κ2) is 7.99. The number of benzene rings is 2. The molecular formula is C23H24ClN3O2. The third-order valence-corrected chi connectivity index (χ3v) is 5.89. The van der Waals surface area contributed by atoms with Crippen LogP contribution in [-0.4, -0.2) is 34.6 Å². The van der Waals surface area contributed by atoms with Gasteiger partial charge in [-0.15, -0.1) is 0 Å². The van der Waals surface area contributed by atoms with Gasteiger partial charge < -0.3 is 10.2 Å². The Hall–Kier alpha value is -2.66. The Kier molecular flexibility index (Phi) is 5.41. The molecular weight excluding hydrogens is 386 g/mol. The molecule has 2 aromatic rings. The number of carbonyl (C=O) groups is 2. The zero-order valence-corrected chi connectivity index (χ0v) is 17.2. The number of amides is 2. The number of anilines is 1. The van der Waals surface area contributed by atoms with E-state index in [4.69, 9.17) is 16.6 Å². The molecule has 29 heavy (non-hydrogen) atoms.